The van der Waals surface area contributed by atoms with Crippen LogP contribution in [0, 0.1) is 5.82 Å². The molecule has 0 heterocycles. The molecule has 5 heteroatoms. The van der Waals surface area contributed by atoms with E-state index in [1.165, 1.54) is 6.07 Å². The molecule has 0 bridgehead atoms. The Morgan fingerprint density at radius 2 is 2.00 bits per heavy atom. The molecular weight excluding hydrogens is 401 g/mol. The van der Waals surface area contributed by atoms with Gasteiger partial charge in [-0.15, -0.1) is 0 Å². The van der Waals surface area contributed by atoms with Crippen LogP contribution in [0.5, 0.6) is 5.75 Å². The van der Waals surface area contributed by atoms with Crippen molar-refractivity contribution in [3.63, 3.8) is 0 Å². The average Bonchev–Trinajstić information content (AvgIpc) is 2.46. The molecule has 2 aromatic rings. The molecule has 0 spiro atoms. The molecule has 0 saturated heterocycles. The first-order valence-corrected chi connectivity index (χ1v) is 8.09. The molecule has 0 aliphatic rings. The van der Waals surface area contributed by atoms with Crippen LogP contribution in [0.4, 0.5) is 4.39 Å². The van der Waals surface area contributed by atoms with Gasteiger partial charge in [0.15, 0.2) is 0 Å². The summed E-state index contributed by atoms with van der Waals surface area (Å²) in [4.78, 5) is 0. The fourth-order valence-electron chi connectivity index (χ4n) is 2.32. The van der Waals surface area contributed by atoms with Crippen LogP contribution in [0.25, 0.3) is 0 Å². The molecule has 0 fully saturated rings. The van der Waals surface area contributed by atoms with Gasteiger partial charge in [-0.1, -0.05) is 37.9 Å². The van der Waals surface area contributed by atoms with Crippen molar-refractivity contribution in [2.24, 2.45) is 0 Å². The summed E-state index contributed by atoms with van der Waals surface area (Å²) in [6, 6.07) is 10.7. The van der Waals surface area contributed by atoms with Crippen molar-refractivity contribution in [2.45, 2.75) is 12.5 Å². The van der Waals surface area contributed by atoms with E-state index in [4.69, 9.17) is 4.74 Å². The summed E-state index contributed by atoms with van der Waals surface area (Å²) >= 11 is 6.89. The molecule has 2 aromatic carbocycles. The number of nitrogens with one attached hydrogen (secondary N) is 1. The van der Waals surface area contributed by atoms with Crippen LogP contribution in [-0.2, 0) is 6.42 Å². The lowest BCUT2D eigenvalue weighted by Gasteiger charge is -2.20. The summed E-state index contributed by atoms with van der Waals surface area (Å²) in [5, 5.41) is 3.18. The van der Waals surface area contributed by atoms with Crippen molar-refractivity contribution < 1.29 is 9.13 Å². The molecular formula is C16H16Br2FNO. The molecule has 21 heavy (non-hydrogen) atoms. The highest BCUT2D eigenvalue weighted by atomic mass is 79.9. The largest absolute Gasteiger partial charge is 0.496 e. The summed E-state index contributed by atoms with van der Waals surface area (Å²) in [7, 11) is 3.47. The second-order valence-corrected chi connectivity index (χ2v) is 6.41. The fraction of sp³-hybridized carbons (Fsp3) is 0.250. The Kier molecular flexibility index (Phi) is 5.79. The predicted molar refractivity (Wildman–Crippen MR) is 90.3 cm³/mol. The highest BCUT2D eigenvalue weighted by Crippen LogP contribution is 2.32. The van der Waals surface area contributed by atoms with E-state index in [1.807, 2.05) is 31.3 Å². The van der Waals surface area contributed by atoms with Crippen molar-refractivity contribution in [1.29, 1.82) is 0 Å². The van der Waals surface area contributed by atoms with Crippen molar-refractivity contribution in [3.8, 4) is 5.75 Å². The Labute approximate surface area is 141 Å². The summed E-state index contributed by atoms with van der Waals surface area (Å²) in [5.74, 6) is 0.573. The van der Waals surface area contributed by atoms with E-state index in [9.17, 15) is 4.39 Å². The molecule has 0 aliphatic carbocycles. The van der Waals surface area contributed by atoms with E-state index in [1.54, 1.807) is 13.2 Å². The minimum absolute atomic E-state index is 0.149. The van der Waals surface area contributed by atoms with Gasteiger partial charge < -0.3 is 10.1 Å². The highest BCUT2D eigenvalue weighted by molar-refractivity contribution is 9.10. The standard InChI is InChI=1S/C16H16Br2FNO/c1-20-14(16-12(18)4-3-5-13(16)19)9-10-8-11(17)6-7-15(10)21-2/h3-8,14,20H,9H2,1-2H3. The van der Waals surface area contributed by atoms with Crippen LogP contribution in [0.15, 0.2) is 45.3 Å². The second kappa shape index (κ2) is 7.38. The van der Waals surface area contributed by atoms with Crippen LogP contribution < -0.4 is 10.1 Å². The Morgan fingerprint density at radius 3 is 2.62 bits per heavy atom. The number of rotatable bonds is 5. The van der Waals surface area contributed by atoms with Crippen molar-refractivity contribution in [1.82, 2.24) is 5.32 Å². The lowest BCUT2D eigenvalue weighted by molar-refractivity contribution is 0.405. The molecule has 1 unspecified atom stereocenters. The first-order chi connectivity index (χ1) is 10.1. The number of hydrogen-bond donors (Lipinski definition) is 1. The first-order valence-electron chi connectivity index (χ1n) is 6.50. The maximum atomic E-state index is 14.1. The Hall–Kier alpha value is -0.910. The van der Waals surface area contributed by atoms with E-state index in [2.05, 4.69) is 37.2 Å². The van der Waals surface area contributed by atoms with Crippen LogP contribution in [0.3, 0.4) is 0 Å². The molecule has 2 nitrogen and oxygen atoms in total. The third kappa shape index (κ3) is 3.84. The van der Waals surface area contributed by atoms with Crippen LogP contribution in [0.1, 0.15) is 17.2 Å². The van der Waals surface area contributed by atoms with Crippen molar-refractivity contribution >= 4 is 31.9 Å². The summed E-state index contributed by atoms with van der Waals surface area (Å²) in [5.41, 5.74) is 1.64. The van der Waals surface area contributed by atoms with Gasteiger partial charge in [0.2, 0.25) is 0 Å². The quantitative estimate of drug-likeness (QED) is 0.751. The van der Waals surface area contributed by atoms with Gasteiger partial charge in [-0.2, -0.15) is 0 Å². The van der Waals surface area contributed by atoms with E-state index in [0.29, 0.717) is 12.0 Å². The summed E-state index contributed by atoms with van der Waals surface area (Å²) < 4.78 is 21.3. The highest BCUT2D eigenvalue weighted by Gasteiger charge is 2.19. The number of halogens is 3. The van der Waals surface area contributed by atoms with Crippen LogP contribution in [-0.4, -0.2) is 14.2 Å². The lowest BCUT2D eigenvalue weighted by Crippen LogP contribution is -2.21. The van der Waals surface area contributed by atoms with E-state index in [0.717, 1.165) is 20.3 Å². The van der Waals surface area contributed by atoms with Crippen LogP contribution >= 0.6 is 31.9 Å². The smallest absolute Gasteiger partial charge is 0.129 e. The van der Waals surface area contributed by atoms with Gasteiger partial charge in [-0.05, 0) is 49.4 Å². The molecule has 112 valence electrons. The van der Waals surface area contributed by atoms with Gasteiger partial charge in [0.1, 0.15) is 11.6 Å². The minimum Gasteiger partial charge on any atom is -0.496 e. The Morgan fingerprint density at radius 1 is 1.24 bits per heavy atom. The van der Waals surface area contributed by atoms with Gasteiger partial charge in [0.25, 0.3) is 0 Å². The lowest BCUT2D eigenvalue weighted by atomic mass is 9.98. The predicted octanol–water partition coefficient (Wildman–Crippen LogP) is 4.86. The summed E-state index contributed by atoms with van der Waals surface area (Å²) in [6.45, 7) is 0. The summed E-state index contributed by atoms with van der Waals surface area (Å²) in [6.07, 6.45) is 0.624. The van der Waals surface area contributed by atoms with Crippen molar-refractivity contribution in [2.75, 3.05) is 14.2 Å². The molecule has 2 rings (SSSR count). The zero-order valence-electron chi connectivity index (χ0n) is 11.8. The van der Waals surface area contributed by atoms with Gasteiger partial charge >= 0.3 is 0 Å². The topological polar surface area (TPSA) is 21.3 Å². The van der Waals surface area contributed by atoms with Crippen LogP contribution in [0.2, 0.25) is 0 Å². The van der Waals surface area contributed by atoms with Gasteiger partial charge in [-0.25, -0.2) is 4.39 Å². The first kappa shape index (κ1) is 16.5. The normalized spacial score (nSPS) is 12.2. The molecule has 1 N–H and O–H groups in total. The van der Waals surface area contributed by atoms with Gasteiger partial charge in [0.05, 0.1) is 7.11 Å². The maximum absolute atomic E-state index is 14.1. The maximum Gasteiger partial charge on any atom is 0.129 e. The SMILES string of the molecule is CNC(Cc1cc(Br)ccc1OC)c1c(F)cccc1Br. The van der Waals surface area contributed by atoms with E-state index >= 15 is 0 Å². The second-order valence-electron chi connectivity index (χ2n) is 4.64. The minimum atomic E-state index is -0.224. The number of likely N-dealkylation sites (N-methyl/N-ethyl adjacent to an activating group) is 1. The molecule has 0 radical (unpaired) electrons. The average molecular weight is 417 g/mol. The number of hydrogen-bond acceptors (Lipinski definition) is 2. The number of ether oxygens (including phenoxy) is 1. The van der Waals surface area contributed by atoms with E-state index < -0.39 is 0 Å². The third-order valence-corrected chi connectivity index (χ3v) is 4.55. The zero-order valence-corrected chi connectivity index (χ0v) is 15.0. The number of methoxy groups -OCH3 is 1. The Bertz CT molecular complexity index is 613. The molecule has 1 atom stereocenters. The Balaban J connectivity index is 2.38. The monoisotopic (exact) mass is 415 g/mol. The number of benzene rings is 2. The van der Waals surface area contributed by atoms with Gasteiger partial charge in [0, 0.05) is 20.6 Å². The third-order valence-electron chi connectivity index (χ3n) is 3.36. The van der Waals surface area contributed by atoms with Gasteiger partial charge in [-0.3, -0.25) is 0 Å². The zero-order chi connectivity index (χ0) is 15.4. The molecule has 0 aliphatic heterocycles. The molecule has 0 aromatic heterocycles. The van der Waals surface area contributed by atoms with Crippen molar-refractivity contribution in [3.05, 3.63) is 62.3 Å². The molecule has 0 amide bonds. The fourth-order valence-corrected chi connectivity index (χ4v) is 3.35. The molecule has 0 saturated carbocycles. The van der Waals surface area contributed by atoms with E-state index in [-0.39, 0.29) is 11.9 Å².